The quantitative estimate of drug-likeness (QED) is 0.903. The molecule has 98 valence electrons. The summed E-state index contributed by atoms with van der Waals surface area (Å²) in [5.74, 6) is -1.39. The van der Waals surface area contributed by atoms with Gasteiger partial charge >= 0.3 is 5.97 Å². The minimum absolute atomic E-state index is 0.130. The van der Waals surface area contributed by atoms with Crippen molar-refractivity contribution in [1.82, 2.24) is 0 Å². The Morgan fingerprint density at radius 2 is 2.17 bits per heavy atom. The molecular formula is C12H13FO4S. The molecule has 1 aliphatic rings. The highest BCUT2D eigenvalue weighted by atomic mass is 32.2. The summed E-state index contributed by atoms with van der Waals surface area (Å²) in [4.78, 5) is 10.8. The van der Waals surface area contributed by atoms with Crippen molar-refractivity contribution in [2.24, 2.45) is 0 Å². The lowest BCUT2D eigenvalue weighted by Crippen LogP contribution is -2.23. The molecule has 3 atom stereocenters. The Balaban J connectivity index is 1.97. The molecule has 1 aromatic carbocycles. The lowest BCUT2D eigenvalue weighted by atomic mass is 10.2. The van der Waals surface area contributed by atoms with Gasteiger partial charge in [0.1, 0.15) is 5.82 Å². The third-order valence-corrected chi connectivity index (χ3v) is 4.30. The largest absolute Gasteiger partial charge is 0.479 e. The van der Waals surface area contributed by atoms with Crippen molar-refractivity contribution in [2.75, 3.05) is 5.75 Å². The van der Waals surface area contributed by atoms with E-state index in [2.05, 4.69) is 0 Å². The van der Waals surface area contributed by atoms with Gasteiger partial charge in [-0.2, -0.15) is 0 Å². The first-order valence-electron chi connectivity index (χ1n) is 5.59. The van der Waals surface area contributed by atoms with Gasteiger partial charge in [-0.1, -0.05) is 12.1 Å². The number of rotatable bonds is 4. The van der Waals surface area contributed by atoms with Crippen molar-refractivity contribution in [3.63, 3.8) is 0 Å². The lowest BCUT2D eigenvalue weighted by Gasteiger charge is -2.11. The average Bonchev–Trinajstić information content (AvgIpc) is 2.78. The van der Waals surface area contributed by atoms with Gasteiger partial charge in [0, 0.05) is 0 Å². The summed E-state index contributed by atoms with van der Waals surface area (Å²) < 4.78 is 30.6. The van der Waals surface area contributed by atoms with E-state index in [0.29, 0.717) is 12.8 Å². The monoisotopic (exact) mass is 272 g/mol. The Morgan fingerprint density at radius 1 is 1.44 bits per heavy atom. The number of carboxylic acid groups (broad SMARTS) is 1. The van der Waals surface area contributed by atoms with E-state index in [4.69, 9.17) is 9.84 Å². The molecule has 3 unspecified atom stereocenters. The van der Waals surface area contributed by atoms with Crippen LogP contribution in [0.3, 0.4) is 0 Å². The van der Waals surface area contributed by atoms with Gasteiger partial charge in [0.25, 0.3) is 0 Å². The fraction of sp³-hybridized carbons (Fsp3) is 0.417. The van der Waals surface area contributed by atoms with E-state index < -0.39 is 28.7 Å². The van der Waals surface area contributed by atoms with Gasteiger partial charge in [-0.3, -0.25) is 4.21 Å². The zero-order chi connectivity index (χ0) is 13.1. The first-order valence-corrected chi connectivity index (χ1v) is 6.91. The van der Waals surface area contributed by atoms with Crippen molar-refractivity contribution >= 4 is 16.8 Å². The van der Waals surface area contributed by atoms with Crippen LogP contribution in [0.5, 0.6) is 0 Å². The second kappa shape index (κ2) is 5.58. The van der Waals surface area contributed by atoms with Crippen LogP contribution in [-0.4, -0.2) is 33.2 Å². The molecule has 1 aliphatic heterocycles. The molecule has 18 heavy (non-hydrogen) atoms. The van der Waals surface area contributed by atoms with Crippen LogP contribution in [0.25, 0.3) is 0 Å². The average molecular weight is 272 g/mol. The topological polar surface area (TPSA) is 63.6 Å². The maximum absolute atomic E-state index is 13.4. The van der Waals surface area contributed by atoms with E-state index >= 15 is 0 Å². The van der Waals surface area contributed by atoms with Crippen LogP contribution >= 0.6 is 0 Å². The number of carbonyl (C=O) groups is 1. The highest BCUT2D eigenvalue weighted by Gasteiger charge is 2.31. The molecular weight excluding hydrogens is 259 g/mol. The minimum atomic E-state index is -1.51. The standard InChI is InChI=1S/C12H13FO4S/c13-9-3-1-2-4-11(9)18(16)7-8-5-6-10(17-8)12(14)15/h1-4,8,10H,5-7H2,(H,14,15). The van der Waals surface area contributed by atoms with Crippen LogP contribution in [0.15, 0.2) is 29.2 Å². The van der Waals surface area contributed by atoms with E-state index in [1.165, 1.54) is 18.2 Å². The van der Waals surface area contributed by atoms with Gasteiger partial charge in [-0.05, 0) is 25.0 Å². The molecule has 1 heterocycles. The second-order valence-corrected chi connectivity index (χ2v) is 5.57. The number of ether oxygens (including phenoxy) is 1. The minimum Gasteiger partial charge on any atom is -0.479 e. The van der Waals surface area contributed by atoms with Crippen LogP contribution in [0.1, 0.15) is 12.8 Å². The molecule has 0 spiro atoms. The molecule has 0 aromatic heterocycles. The summed E-state index contributed by atoms with van der Waals surface area (Å²) in [6.45, 7) is 0. The summed E-state index contributed by atoms with van der Waals surface area (Å²) >= 11 is 0. The van der Waals surface area contributed by atoms with Gasteiger partial charge in [-0.25, -0.2) is 9.18 Å². The van der Waals surface area contributed by atoms with Crippen LogP contribution in [0.2, 0.25) is 0 Å². The molecule has 6 heteroatoms. The molecule has 2 rings (SSSR count). The van der Waals surface area contributed by atoms with Crippen molar-refractivity contribution in [2.45, 2.75) is 29.9 Å². The first-order chi connectivity index (χ1) is 8.58. The van der Waals surface area contributed by atoms with Crippen LogP contribution < -0.4 is 0 Å². The molecule has 0 amide bonds. The fourth-order valence-corrected chi connectivity index (χ4v) is 3.18. The smallest absolute Gasteiger partial charge is 0.332 e. The van der Waals surface area contributed by atoms with E-state index in [0.717, 1.165) is 0 Å². The lowest BCUT2D eigenvalue weighted by molar-refractivity contribution is -0.148. The summed E-state index contributed by atoms with van der Waals surface area (Å²) in [7, 11) is -1.51. The zero-order valence-electron chi connectivity index (χ0n) is 9.54. The fourth-order valence-electron chi connectivity index (χ4n) is 1.90. The van der Waals surface area contributed by atoms with Crippen molar-refractivity contribution in [1.29, 1.82) is 0 Å². The maximum Gasteiger partial charge on any atom is 0.332 e. The van der Waals surface area contributed by atoms with Gasteiger partial charge < -0.3 is 9.84 Å². The molecule has 1 saturated heterocycles. The summed E-state index contributed by atoms with van der Waals surface area (Å²) in [6.07, 6.45) is -0.259. The van der Waals surface area contributed by atoms with Crippen molar-refractivity contribution < 1.29 is 23.2 Å². The number of benzene rings is 1. The molecule has 0 saturated carbocycles. The van der Waals surface area contributed by atoms with Gasteiger partial charge in [0.05, 0.1) is 27.6 Å². The molecule has 0 bridgehead atoms. The maximum atomic E-state index is 13.4. The molecule has 1 N–H and O–H groups in total. The van der Waals surface area contributed by atoms with E-state index in [1.54, 1.807) is 6.07 Å². The van der Waals surface area contributed by atoms with E-state index in [1.807, 2.05) is 0 Å². The molecule has 0 radical (unpaired) electrons. The number of hydrogen-bond acceptors (Lipinski definition) is 3. The second-order valence-electron chi connectivity index (χ2n) is 4.10. The molecule has 1 aromatic rings. The Morgan fingerprint density at radius 3 is 2.78 bits per heavy atom. The third kappa shape index (κ3) is 2.94. The third-order valence-electron chi connectivity index (χ3n) is 2.80. The highest BCUT2D eigenvalue weighted by molar-refractivity contribution is 7.85. The van der Waals surface area contributed by atoms with Gasteiger partial charge in [0.2, 0.25) is 0 Å². The summed E-state index contributed by atoms with van der Waals surface area (Å²) in [5.41, 5.74) is 0. The first kappa shape index (κ1) is 13.2. The van der Waals surface area contributed by atoms with Gasteiger partial charge in [0.15, 0.2) is 6.10 Å². The number of halogens is 1. The van der Waals surface area contributed by atoms with E-state index in [-0.39, 0.29) is 16.8 Å². The molecule has 1 fully saturated rings. The number of aliphatic carboxylic acids is 1. The van der Waals surface area contributed by atoms with Gasteiger partial charge in [-0.15, -0.1) is 0 Å². The SMILES string of the molecule is O=C(O)C1CCC(CS(=O)c2ccccc2F)O1. The molecule has 4 nitrogen and oxygen atoms in total. The summed E-state index contributed by atoms with van der Waals surface area (Å²) in [5, 5.41) is 8.77. The van der Waals surface area contributed by atoms with Crippen molar-refractivity contribution in [3.05, 3.63) is 30.1 Å². The zero-order valence-corrected chi connectivity index (χ0v) is 10.4. The van der Waals surface area contributed by atoms with Crippen LogP contribution in [0.4, 0.5) is 4.39 Å². The predicted octanol–water partition coefficient (Wildman–Crippen LogP) is 1.57. The molecule has 0 aliphatic carbocycles. The van der Waals surface area contributed by atoms with Crippen LogP contribution in [-0.2, 0) is 20.3 Å². The number of carboxylic acids is 1. The Bertz CT molecular complexity index is 477. The van der Waals surface area contributed by atoms with Crippen LogP contribution in [0, 0.1) is 5.82 Å². The Hall–Kier alpha value is -1.27. The van der Waals surface area contributed by atoms with E-state index in [9.17, 15) is 13.4 Å². The normalized spacial score (nSPS) is 24.9. The Labute approximate surface area is 106 Å². The summed E-state index contributed by atoms with van der Waals surface area (Å²) in [6, 6.07) is 5.87. The van der Waals surface area contributed by atoms with Crippen molar-refractivity contribution in [3.8, 4) is 0 Å². The highest BCUT2D eigenvalue weighted by Crippen LogP contribution is 2.22. The Kier molecular flexibility index (Phi) is 4.08. The number of hydrogen-bond donors (Lipinski definition) is 1. The predicted molar refractivity (Wildman–Crippen MR) is 63.2 cm³/mol.